The molecular weight excluding hydrogens is 254 g/mol. The molecule has 0 aliphatic rings. The van der Waals surface area contributed by atoms with Crippen LogP contribution in [0, 0.1) is 6.92 Å². The predicted octanol–water partition coefficient (Wildman–Crippen LogP) is 1.41. The summed E-state index contributed by atoms with van der Waals surface area (Å²) in [6, 6.07) is 9.52. The molecule has 2 amide bonds. The van der Waals surface area contributed by atoms with Gasteiger partial charge >= 0.3 is 0 Å². The van der Waals surface area contributed by atoms with Crippen molar-refractivity contribution < 1.29 is 9.59 Å². The first-order valence-corrected chi connectivity index (χ1v) is 6.47. The Kier molecular flexibility index (Phi) is 4.30. The molecule has 5 nitrogen and oxygen atoms in total. The van der Waals surface area contributed by atoms with Crippen LogP contribution in [0.1, 0.15) is 23.0 Å². The van der Waals surface area contributed by atoms with Gasteiger partial charge in [-0.2, -0.15) is 0 Å². The number of rotatable bonds is 4. The topological polar surface area (TPSA) is 71.1 Å². The summed E-state index contributed by atoms with van der Waals surface area (Å²) in [5.41, 5.74) is 2.13. The summed E-state index contributed by atoms with van der Waals surface area (Å²) in [5, 5.41) is 6.33. The van der Waals surface area contributed by atoms with E-state index in [-0.39, 0.29) is 11.8 Å². The van der Waals surface area contributed by atoms with Gasteiger partial charge in [-0.05, 0) is 19.1 Å². The number of amides is 2. The molecule has 0 fully saturated rings. The highest BCUT2D eigenvalue weighted by Crippen LogP contribution is 2.15. The zero-order valence-electron chi connectivity index (χ0n) is 11.6. The monoisotopic (exact) mass is 271 g/mol. The van der Waals surface area contributed by atoms with Crippen LogP contribution in [0.4, 0.5) is 0 Å². The van der Waals surface area contributed by atoms with Gasteiger partial charge in [0.05, 0.1) is 16.8 Å². The van der Waals surface area contributed by atoms with Crippen molar-refractivity contribution in [3.05, 3.63) is 41.6 Å². The van der Waals surface area contributed by atoms with Gasteiger partial charge in [0.2, 0.25) is 5.91 Å². The summed E-state index contributed by atoms with van der Waals surface area (Å²) in [6.45, 7) is 4.07. The number of pyridine rings is 1. The molecule has 0 spiro atoms. The van der Waals surface area contributed by atoms with Crippen LogP contribution in [-0.4, -0.2) is 29.9 Å². The maximum atomic E-state index is 12.1. The Morgan fingerprint density at radius 3 is 2.60 bits per heavy atom. The van der Waals surface area contributed by atoms with Crippen LogP contribution >= 0.6 is 0 Å². The molecule has 0 atom stereocenters. The Morgan fingerprint density at radius 1 is 1.15 bits per heavy atom. The fourth-order valence-electron chi connectivity index (χ4n) is 1.95. The van der Waals surface area contributed by atoms with Crippen LogP contribution in [0.15, 0.2) is 30.3 Å². The van der Waals surface area contributed by atoms with E-state index in [0.29, 0.717) is 24.3 Å². The molecular formula is C15H17N3O2. The quantitative estimate of drug-likeness (QED) is 0.826. The van der Waals surface area contributed by atoms with Gasteiger partial charge in [0.25, 0.3) is 5.91 Å². The van der Waals surface area contributed by atoms with Crippen molar-refractivity contribution in [2.45, 2.75) is 13.8 Å². The molecule has 20 heavy (non-hydrogen) atoms. The number of fused-ring (bicyclic) bond motifs is 1. The summed E-state index contributed by atoms with van der Waals surface area (Å²) in [6.07, 6.45) is 0. The van der Waals surface area contributed by atoms with E-state index in [1.54, 1.807) is 0 Å². The van der Waals surface area contributed by atoms with Gasteiger partial charge in [0.1, 0.15) is 0 Å². The number of carbonyl (C=O) groups is 2. The Hall–Kier alpha value is -2.43. The third-order valence-corrected chi connectivity index (χ3v) is 2.94. The molecule has 0 saturated heterocycles. The van der Waals surface area contributed by atoms with Crippen LogP contribution < -0.4 is 10.6 Å². The summed E-state index contributed by atoms with van der Waals surface area (Å²) in [7, 11) is 0. The minimum absolute atomic E-state index is 0.109. The van der Waals surface area contributed by atoms with E-state index in [0.717, 1.165) is 10.9 Å². The lowest BCUT2D eigenvalue weighted by Gasteiger charge is -2.09. The number of aromatic nitrogens is 1. The Morgan fingerprint density at radius 2 is 1.85 bits per heavy atom. The van der Waals surface area contributed by atoms with Gasteiger partial charge in [0, 0.05) is 25.4 Å². The first-order chi connectivity index (χ1) is 9.58. The van der Waals surface area contributed by atoms with Crippen LogP contribution in [0.2, 0.25) is 0 Å². The first kappa shape index (κ1) is 14.0. The Balaban J connectivity index is 2.09. The number of benzene rings is 1. The SMILES string of the molecule is CC(=O)NCCNC(=O)c1cc2ccccc2nc1C. The number of nitrogens with one attached hydrogen (secondary N) is 2. The summed E-state index contributed by atoms with van der Waals surface area (Å²) >= 11 is 0. The first-order valence-electron chi connectivity index (χ1n) is 6.47. The van der Waals surface area contributed by atoms with E-state index in [1.807, 2.05) is 37.3 Å². The van der Waals surface area contributed by atoms with Crippen molar-refractivity contribution in [1.29, 1.82) is 0 Å². The number of hydrogen-bond acceptors (Lipinski definition) is 3. The van der Waals surface area contributed by atoms with E-state index in [1.165, 1.54) is 6.92 Å². The normalized spacial score (nSPS) is 10.3. The van der Waals surface area contributed by atoms with E-state index in [2.05, 4.69) is 15.6 Å². The molecule has 0 radical (unpaired) electrons. The van der Waals surface area contributed by atoms with E-state index in [4.69, 9.17) is 0 Å². The largest absolute Gasteiger partial charge is 0.355 e. The van der Waals surface area contributed by atoms with E-state index >= 15 is 0 Å². The minimum atomic E-state index is -0.175. The summed E-state index contributed by atoms with van der Waals surface area (Å²) < 4.78 is 0. The molecule has 104 valence electrons. The average molecular weight is 271 g/mol. The van der Waals surface area contributed by atoms with Gasteiger partial charge in [-0.15, -0.1) is 0 Å². The number of aryl methyl sites for hydroxylation is 1. The molecule has 0 bridgehead atoms. The smallest absolute Gasteiger partial charge is 0.253 e. The molecule has 0 aliphatic carbocycles. The highest BCUT2D eigenvalue weighted by Gasteiger charge is 2.10. The van der Waals surface area contributed by atoms with Crippen LogP contribution in [0.5, 0.6) is 0 Å². The second-order valence-corrected chi connectivity index (χ2v) is 4.55. The number of para-hydroxylation sites is 1. The van der Waals surface area contributed by atoms with Gasteiger partial charge in [0.15, 0.2) is 0 Å². The van der Waals surface area contributed by atoms with Crippen LogP contribution in [0.25, 0.3) is 10.9 Å². The van der Waals surface area contributed by atoms with Crippen LogP contribution in [-0.2, 0) is 4.79 Å². The third-order valence-electron chi connectivity index (χ3n) is 2.94. The predicted molar refractivity (Wildman–Crippen MR) is 77.5 cm³/mol. The molecule has 0 unspecified atom stereocenters. The van der Waals surface area contributed by atoms with Crippen molar-refractivity contribution in [2.24, 2.45) is 0 Å². The van der Waals surface area contributed by atoms with E-state index < -0.39 is 0 Å². The number of nitrogens with zero attached hydrogens (tertiary/aromatic N) is 1. The average Bonchev–Trinajstić information content (AvgIpc) is 2.42. The van der Waals surface area contributed by atoms with Gasteiger partial charge in [-0.25, -0.2) is 0 Å². The van der Waals surface area contributed by atoms with Gasteiger partial charge in [-0.3, -0.25) is 14.6 Å². The number of carbonyl (C=O) groups excluding carboxylic acids is 2. The van der Waals surface area contributed by atoms with Gasteiger partial charge in [-0.1, -0.05) is 18.2 Å². The third kappa shape index (κ3) is 3.32. The maximum absolute atomic E-state index is 12.1. The molecule has 1 aromatic carbocycles. The van der Waals surface area contributed by atoms with Crippen molar-refractivity contribution in [3.63, 3.8) is 0 Å². The zero-order valence-corrected chi connectivity index (χ0v) is 11.6. The lowest BCUT2D eigenvalue weighted by atomic mass is 10.1. The molecule has 1 heterocycles. The molecule has 2 rings (SSSR count). The lowest BCUT2D eigenvalue weighted by molar-refractivity contribution is -0.118. The molecule has 1 aromatic heterocycles. The van der Waals surface area contributed by atoms with Crippen molar-refractivity contribution in [1.82, 2.24) is 15.6 Å². The Labute approximate surface area is 117 Å². The highest BCUT2D eigenvalue weighted by atomic mass is 16.2. The summed E-state index contributed by atoms with van der Waals surface area (Å²) in [4.78, 5) is 27.2. The fraction of sp³-hybridized carbons (Fsp3) is 0.267. The zero-order chi connectivity index (χ0) is 14.5. The van der Waals surface area contributed by atoms with Crippen LogP contribution in [0.3, 0.4) is 0 Å². The molecule has 5 heteroatoms. The lowest BCUT2D eigenvalue weighted by Crippen LogP contribution is -2.34. The minimum Gasteiger partial charge on any atom is -0.355 e. The van der Waals surface area contributed by atoms with Crippen molar-refractivity contribution >= 4 is 22.7 Å². The second-order valence-electron chi connectivity index (χ2n) is 4.55. The Bertz CT molecular complexity index is 653. The van der Waals surface area contributed by atoms with Crippen molar-refractivity contribution in [2.75, 3.05) is 13.1 Å². The second kappa shape index (κ2) is 6.14. The number of hydrogen-bond donors (Lipinski definition) is 2. The van der Waals surface area contributed by atoms with Gasteiger partial charge < -0.3 is 10.6 Å². The molecule has 0 aliphatic heterocycles. The standard InChI is InChI=1S/C15H17N3O2/c1-10-13(15(20)17-8-7-16-11(2)19)9-12-5-3-4-6-14(12)18-10/h3-6,9H,7-8H2,1-2H3,(H,16,19)(H,17,20). The van der Waals surface area contributed by atoms with Crippen molar-refractivity contribution in [3.8, 4) is 0 Å². The molecule has 2 aromatic rings. The molecule has 2 N–H and O–H groups in total. The summed E-state index contributed by atoms with van der Waals surface area (Å²) in [5.74, 6) is -0.283. The highest BCUT2D eigenvalue weighted by molar-refractivity contribution is 5.98. The molecule has 0 saturated carbocycles. The maximum Gasteiger partial charge on any atom is 0.253 e. The van der Waals surface area contributed by atoms with E-state index in [9.17, 15) is 9.59 Å². The fourth-order valence-corrected chi connectivity index (χ4v) is 1.95.